The summed E-state index contributed by atoms with van der Waals surface area (Å²) in [6.45, 7) is 0. The normalized spacial score (nSPS) is 39.9. The van der Waals surface area contributed by atoms with E-state index < -0.39 is 0 Å². The van der Waals surface area contributed by atoms with E-state index in [4.69, 9.17) is 0 Å². The van der Waals surface area contributed by atoms with E-state index >= 15 is 0 Å². The molecule has 4 bridgehead atoms. The lowest BCUT2D eigenvalue weighted by Crippen LogP contribution is -2.36. The predicted molar refractivity (Wildman–Crippen MR) is 87.8 cm³/mol. The van der Waals surface area contributed by atoms with Gasteiger partial charge in [-0.2, -0.15) is 0 Å². The molecule has 4 atom stereocenters. The Balaban J connectivity index is 1.37. The summed E-state index contributed by atoms with van der Waals surface area (Å²) in [5.74, 6) is 2.65. The maximum Gasteiger partial charge on any atom is 0.0956 e. The summed E-state index contributed by atoms with van der Waals surface area (Å²) >= 11 is 0. The first-order valence-corrected chi connectivity index (χ1v) is 9.05. The third-order valence-electron chi connectivity index (χ3n) is 7.65. The zero-order valence-corrected chi connectivity index (χ0v) is 13.2. The van der Waals surface area contributed by atoms with Crippen LogP contribution in [0.1, 0.15) is 43.7 Å². The summed E-state index contributed by atoms with van der Waals surface area (Å²) in [5, 5.41) is 11.2. The number of aliphatic hydroxyl groups excluding tert-OH is 1. The van der Waals surface area contributed by atoms with Crippen LogP contribution in [0, 0.1) is 23.2 Å². The van der Waals surface area contributed by atoms with Crippen LogP contribution in [0.3, 0.4) is 0 Å². The molecule has 1 aromatic heterocycles. The topological polar surface area (TPSA) is 38.1 Å². The van der Waals surface area contributed by atoms with Gasteiger partial charge in [0.2, 0.25) is 0 Å². The number of nitrogens with zero attached hydrogens (tertiary/aromatic N) is 2. The van der Waals surface area contributed by atoms with E-state index in [1.807, 2.05) is 12.5 Å². The summed E-state index contributed by atoms with van der Waals surface area (Å²) in [5.41, 5.74) is 4.10. The van der Waals surface area contributed by atoms with E-state index in [0.29, 0.717) is 0 Å². The van der Waals surface area contributed by atoms with Crippen molar-refractivity contribution >= 4 is 0 Å². The van der Waals surface area contributed by atoms with Gasteiger partial charge in [0, 0.05) is 5.56 Å². The standard InChI is InChI=1S/C20H22N2O/c23-19(20-8-12-5-14(20)6-13(12)9-20)7-17-15-3-1-2-4-16(15)18-10-21-11-22(17)18/h1-4,10-14,17,19,23H,5-9H2. The fourth-order valence-corrected chi connectivity index (χ4v) is 6.74. The first-order chi connectivity index (χ1) is 11.3. The molecule has 1 N–H and O–H groups in total. The van der Waals surface area contributed by atoms with Gasteiger partial charge in [0.1, 0.15) is 0 Å². The van der Waals surface area contributed by atoms with Gasteiger partial charge in [0.05, 0.1) is 30.4 Å². The van der Waals surface area contributed by atoms with Crippen molar-refractivity contribution in [3.05, 3.63) is 42.4 Å². The Kier molecular flexibility index (Phi) is 2.26. The molecule has 2 aromatic rings. The molecule has 4 unspecified atom stereocenters. The van der Waals surface area contributed by atoms with Gasteiger partial charge in [-0.1, -0.05) is 24.3 Å². The van der Waals surface area contributed by atoms with Crippen LogP contribution in [0.25, 0.3) is 11.3 Å². The lowest BCUT2D eigenvalue weighted by atomic mass is 9.73. The zero-order valence-electron chi connectivity index (χ0n) is 13.2. The number of aromatic nitrogens is 2. The Labute approximate surface area is 136 Å². The number of hydrogen-bond acceptors (Lipinski definition) is 2. The first-order valence-electron chi connectivity index (χ1n) is 9.05. The monoisotopic (exact) mass is 306 g/mol. The highest BCUT2D eigenvalue weighted by Crippen LogP contribution is 2.71. The molecule has 4 fully saturated rings. The molecule has 4 saturated carbocycles. The summed E-state index contributed by atoms with van der Waals surface area (Å²) in [4.78, 5) is 4.35. The number of imidazole rings is 1. The van der Waals surface area contributed by atoms with Gasteiger partial charge in [-0.15, -0.1) is 0 Å². The molecule has 4 aliphatic carbocycles. The maximum atomic E-state index is 11.2. The Morgan fingerprint density at radius 2 is 2.00 bits per heavy atom. The molecule has 3 nitrogen and oxygen atoms in total. The summed E-state index contributed by atoms with van der Waals surface area (Å²) in [7, 11) is 0. The number of rotatable bonds is 3. The molecule has 23 heavy (non-hydrogen) atoms. The third-order valence-corrected chi connectivity index (χ3v) is 7.65. The van der Waals surface area contributed by atoms with Crippen molar-refractivity contribution in [2.45, 2.75) is 44.2 Å². The van der Waals surface area contributed by atoms with E-state index in [1.54, 1.807) is 0 Å². The Bertz CT molecular complexity index is 780. The summed E-state index contributed by atoms with van der Waals surface area (Å²) in [6.07, 6.45) is 9.92. The van der Waals surface area contributed by atoms with Crippen LogP contribution < -0.4 is 0 Å². The minimum absolute atomic E-state index is 0.170. The molecule has 0 amide bonds. The molecule has 118 valence electrons. The van der Waals surface area contributed by atoms with Gasteiger partial charge >= 0.3 is 0 Å². The molecule has 5 aliphatic rings. The van der Waals surface area contributed by atoms with Crippen molar-refractivity contribution in [2.75, 3.05) is 0 Å². The lowest BCUT2D eigenvalue weighted by molar-refractivity contribution is 0.000904. The first kappa shape index (κ1) is 12.8. The average molecular weight is 306 g/mol. The molecule has 0 radical (unpaired) electrons. The third kappa shape index (κ3) is 1.43. The van der Waals surface area contributed by atoms with Crippen molar-refractivity contribution in [1.82, 2.24) is 9.55 Å². The largest absolute Gasteiger partial charge is 0.392 e. The van der Waals surface area contributed by atoms with Crippen molar-refractivity contribution < 1.29 is 5.11 Å². The Morgan fingerprint density at radius 3 is 2.74 bits per heavy atom. The summed E-state index contributed by atoms with van der Waals surface area (Å²) < 4.78 is 2.27. The van der Waals surface area contributed by atoms with Crippen molar-refractivity contribution in [2.24, 2.45) is 23.2 Å². The number of fused-ring (bicyclic) bond motifs is 3. The Morgan fingerprint density at radius 1 is 1.22 bits per heavy atom. The van der Waals surface area contributed by atoms with Crippen LogP contribution in [-0.2, 0) is 0 Å². The lowest BCUT2D eigenvalue weighted by Gasteiger charge is -2.36. The second-order valence-corrected chi connectivity index (χ2v) is 8.37. The van der Waals surface area contributed by atoms with Gasteiger partial charge in [-0.25, -0.2) is 4.98 Å². The average Bonchev–Trinajstić information content (AvgIpc) is 3.34. The smallest absolute Gasteiger partial charge is 0.0956 e. The molecular weight excluding hydrogens is 284 g/mol. The van der Waals surface area contributed by atoms with Gasteiger partial charge in [0.25, 0.3) is 0 Å². The van der Waals surface area contributed by atoms with Crippen LogP contribution >= 0.6 is 0 Å². The van der Waals surface area contributed by atoms with Gasteiger partial charge < -0.3 is 9.67 Å². The molecule has 3 heteroatoms. The number of benzene rings is 1. The van der Waals surface area contributed by atoms with E-state index in [9.17, 15) is 5.11 Å². The van der Waals surface area contributed by atoms with Crippen LogP contribution in [-0.4, -0.2) is 20.8 Å². The van der Waals surface area contributed by atoms with Gasteiger partial charge in [0.15, 0.2) is 0 Å². The van der Waals surface area contributed by atoms with E-state index in [-0.39, 0.29) is 17.6 Å². The van der Waals surface area contributed by atoms with Crippen molar-refractivity contribution in [3.63, 3.8) is 0 Å². The molecule has 1 aliphatic heterocycles. The number of aliphatic hydroxyl groups is 1. The highest BCUT2D eigenvalue weighted by molar-refractivity contribution is 5.68. The van der Waals surface area contributed by atoms with Crippen LogP contribution in [0.2, 0.25) is 0 Å². The minimum atomic E-state index is -0.170. The van der Waals surface area contributed by atoms with E-state index in [1.165, 1.54) is 42.5 Å². The maximum absolute atomic E-state index is 11.2. The van der Waals surface area contributed by atoms with E-state index in [2.05, 4.69) is 33.8 Å². The molecule has 0 saturated heterocycles. The quantitative estimate of drug-likeness (QED) is 0.940. The van der Waals surface area contributed by atoms with E-state index in [0.717, 1.165) is 24.2 Å². The summed E-state index contributed by atoms with van der Waals surface area (Å²) in [6, 6.07) is 8.88. The number of hydrogen-bond donors (Lipinski definition) is 1. The predicted octanol–water partition coefficient (Wildman–Crippen LogP) is 3.64. The van der Waals surface area contributed by atoms with Crippen LogP contribution in [0.15, 0.2) is 36.8 Å². The minimum Gasteiger partial charge on any atom is -0.392 e. The Hall–Kier alpha value is -1.61. The fraction of sp³-hybridized carbons (Fsp3) is 0.550. The second kappa shape index (κ2) is 4.07. The van der Waals surface area contributed by atoms with Gasteiger partial charge in [-0.3, -0.25) is 0 Å². The zero-order chi connectivity index (χ0) is 15.2. The van der Waals surface area contributed by atoms with Crippen molar-refractivity contribution in [1.29, 1.82) is 0 Å². The SMILES string of the molecule is OC(CC1c2ccccc2-c2cncn21)C12CC3CC1CC3C2. The molecule has 7 rings (SSSR count). The molecule has 1 aromatic carbocycles. The molecule has 0 spiro atoms. The van der Waals surface area contributed by atoms with Crippen LogP contribution in [0.5, 0.6) is 0 Å². The van der Waals surface area contributed by atoms with Crippen molar-refractivity contribution in [3.8, 4) is 11.3 Å². The molecule has 2 heterocycles. The second-order valence-electron chi connectivity index (χ2n) is 8.37. The fourth-order valence-electron chi connectivity index (χ4n) is 6.74. The van der Waals surface area contributed by atoms with Gasteiger partial charge in [-0.05, 0) is 60.8 Å². The highest BCUT2D eigenvalue weighted by atomic mass is 16.3. The van der Waals surface area contributed by atoms with Crippen LogP contribution in [0.4, 0.5) is 0 Å². The highest BCUT2D eigenvalue weighted by Gasteiger charge is 2.65. The molecular formula is C20H22N2O.